The summed E-state index contributed by atoms with van der Waals surface area (Å²) in [5.74, 6) is 0. The molecule has 0 radical (unpaired) electrons. The number of carboxylic acid groups (broad SMARTS) is 1. The summed E-state index contributed by atoms with van der Waals surface area (Å²) in [5.41, 5.74) is 0.989. The zero-order valence-electron chi connectivity index (χ0n) is 9.18. The molecule has 1 aromatic rings. The molecule has 0 bridgehead atoms. The van der Waals surface area contributed by atoms with Crippen molar-refractivity contribution in [3.05, 3.63) is 12.4 Å². The molecule has 6 nitrogen and oxygen atoms in total. The SMILES string of the molecule is Cn1cc(NC2CCC(NC(=O)O)C2)cn1. The molecule has 1 aliphatic rings. The first-order chi connectivity index (χ1) is 7.63. The lowest BCUT2D eigenvalue weighted by atomic mass is 10.2. The van der Waals surface area contributed by atoms with Crippen molar-refractivity contribution < 1.29 is 9.90 Å². The van der Waals surface area contributed by atoms with Crippen LogP contribution in [0.4, 0.5) is 10.5 Å². The number of amides is 1. The lowest BCUT2D eigenvalue weighted by molar-refractivity contribution is 0.190. The lowest BCUT2D eigenvalue weighted by Gasteiger charge is -2.12. The van der Waals surface area contributed by atoms with E-state index in [9.17, 15) is 4.79 Å². The van der Waals surface area contributed by atoms with Crippen LogP contribution in [0.25, 0.3) is 0 Å². The highest BCUT2D eigenvalue weighted by atomic mass is 16.4. The van der Waals surface area contributed by atoms with Crippen LogP contribution in [0.2, 0.25) is 0 Å². The summed E-state index contributed by atoms with van der Waals surface area (Å²) in [6.45, 7) is 0. The second-order valence-corrected chi connectivity index (χ2v) is 4.20. The zero-order chi connectivity index (χ0) is 11.5. The molecule has 0 aliphatic heterocycles. The number of nitrogens with zero attached hydrogens (tertiary/aromatic N) is 2. The molecule has 88 valence electrons. The maximum Gasteiger partial charge on any atom is 0.404 e. The molecule has 1 aliphatic carbocycles. The van der Waals surface area contributed by atoms with E-state index >= 15 is 0 Å². The maximum atomic E-state index is 10.5. The molecule has 6 heteroatoms. The number of carbonyl (C=O) groups is 1. The molecular weight excluding hydrogens is 208 g/mol. The summed E-state index contributed by atoms with van der Waals surface area (Å²) < 4.78 is 1.74. The van der Waals surface area contributed by atoms with Crippen LogP contribution in [-0.4, -0.2) is 33.1 Å². The predicted molar refractivity (Wildman–Crippen MR) is 59.4 cm³/mol. The summed E-state index contributed by atoms with van der Waals surface area (Å²) >= 11 is 0. The van der Waals surface area contributed by atoms with E-state index in [0.29, 0.717) is 6.04 Å². The average molecular weight is 224 g/mol. The van der Waals surface area contributed by atoms with Gasteiger partial charge in [0.25, 0.3) is 0 Å². The molecule has 16 heavy (non-hydrogen) atoms. The minimum absolute atomic E-state index is 0.0756. The molecule has 2 atom stereocenters. The van der Waals surface area contributed by atoms with Crippen LogP contribution in [0.5, 0.6) is 0 Å². The number of rotatable bonds is 3. The lowest BCUT2D eigenvalue weighted by Crippen LogP contribution is -2.32. The van der Waals surface area contributed by atoms with Crippen molar-refractivity contribution in [3.63, 3.8) is 0 Å². The van der Waals surface area contributed by atoms with Crippen molar-refractivity contribution in [1.29, 1.82) is 0 Å². The number of nitrogens with one attached hydrogen (secondary N) is 2. The number of hydrogen-bond donors (Lipinski definition) is 3. The van der Waals surface area contributed by atoms with Crippen LogP contribution in [0.15, 0.2) is 12.4 Å². The van der Waals surface area contributed by atoms with E-state index in [0.717, 1.165) is 24.9 Å². The normalized spacial score (nSPS) is 24.3. The Labute approximate surface area is 93.6 Å². The molecule has 0 saturated heterocycles. The van der Waals surface area contributed by atoms with E-state index in [1.165, 1.54) is 0 Å². The summed E-state index contributed by atoms with van der Waals surface area (Å²) in [5, 5.41) is 18.5. The quantitative estimate of drug-likeness (QED) is 0.716. The first kappa shape index (κ1) is 10.8. The molecule has 1 heterocycles. The summed E-state index contributed by atoms with van der Waals surface area (Å²) in [4.78, 5) is 10.5. The van der Waals surface area contributed by atoms with Gasteiger partial charge in [-0.05, 0) is 19.3 Å². The number of aromatic nitrogens is 2. The molecule has 0 aromatic carbocycles. The van der Waals surface area contributed by atoms with Crippen LogP contribution >= 0.6 is 0 Å². The minimum atomic E-state index is -0.938. The van der Waals surface area contributed by atoms with E-state index in [4.69, 9.17) is 5.11 Å². The van der Waals surface area contributed by atoms with Crippen molar-refractivity contribution >= 4 is 11.8 Å². The first-order valence-electron chi connectivity index (χ1n) is 5.38. The Morgan fingerprint density at radius 1 is 1.56 bits per heavy atom. The zero-order valence-corrected chi connectivity index (χ0v) is 9.18. The first-order valence-corrected chi connectivity index (χ1v) is 5.38. The Morgan fingerprint density at radius 3 is 2.94 bits per heavy atom. The molecule has 0 spiro atoms. The van der Waals surface area contributed by atoms with E-state index in [-0.39, 0.29) is 6.04 Å². The molecule has 3 N–H and O–H groups in total. The van der Waals surface area contributed by atoms with Crippen molar-refractivity contribution in [2.24, 2.45) is 7.05 Å². The molecule has 1 amide bonds. The highest BCUT2D eigenvalue weighted by molar-refractivity contribution is 5.64. The van der Waals surface area contributed by atoms with Gasteiger partial charge in [-0.1, -0.05) is 0 Å². The molecule has 1 aromatic heterocycles. The van der Waals surface area contributed by atoms with Gasteiger partial charge in [0.15, 0.2) is 0 Å². The third kappa shape index (κ3) is 2.65. The van der Waals surface area contributed by atoms with Gasteiger partial charge in [0, 0.05) is 25.3 Å². The predicted octanol–water partition coefficient (Wildman–Crippen LogP) is 1.02. The smallest absolute Gasteiger partial charge is 0.404 e. The van der Waals surface area contributed by atoms with Crippen LogP contribution in [0, 0.1) is 0 Å². The summed E-state index contributed by atoms with van der Waals surface area (Å²) in [6.07, 6.45) is 5.47. The number of anilines is 1. The van der Waals surface area contributed by atoms with Crippen LogP contribution in [0.3, 0.4) is 0 Å². The van der Waals surface area contributed by atoms with Crippen molar-refractivity contribution in [2.75, 3.05) is 5.32 Å². The van der Waals surface area contributed by atoms with Crippen LogP contribution in [0.1, 0.15) is 19.3 Å². The maximum absolute atomic E-state index is 10.5. The monoisotopic (exact) mass is 224 g/mol. The van der Waals surface area contributed by atoms with E-state index < -0.39 is 6.09 Å². The third-order valence-corrected chi connectivity index (χ3v) is 2.84. The van der Waals surface area contributed by atoms with Gasteiger partial charge in [-0.15, -0.1) is 0 Å². The van der Waals surface area contributed by atoms with Gasteiger partial charge >= 0.3 is 6.09 Å². The van der Waals surface area contributed by atoms with Gasteiger partial charge in [-0.3, -0.25) is 4.68 Å². The summed E-state index contributed by atoms with van der Waals surface area (Å²) in [6, 6.07) is 0.410. The largest absolute Gasteiger partial charge is 0.465 e. The molecular formula is C10H16N4O2. The van der Waals surface area contributed by atoms with Crippen molar-refractivity contribution in [1.82, 2.24) is 15.1 Å². The Balaban J connectivity index is 1.82. The standard InChI is InChI=1S/C10H16N4O2/c1-14-6-9(5-11-14)12-7-2-3-8(4-7)13-10(15)16/h5-8,12-13H,2-4H2,1H3,(H,15,16). The van der Waals surface area contributed by atoms with Gasteiger partial charge in [0.1, 0.15) is 0 Å². The Hall–Kier alpha value is -1.72. The highest BCUT2D eigenvalue weighted by Gasteiger charge is 2.25. The topological polar surface area (TPSA) is 79.2 Å². The number of hydrogen-bond acceptors (Lipinski definition) is 3. The third-order valence-electron chi connectivity index (χ3n) is 2.84. The van der Waals surface area contributed by atoms with Gasteiger partial charge < -0.3 is 15.7 Å². The van der Waals surface area contributed by atoms with E-state index in [1.54, 1.807) is 10.9 Å². The van der Waals surface area contributed by atoms with E-state index in [2.05, 4.69) is 15.7 Å². The van der Waals surface area contributed by atoms with E-state index in [1.807, 2.05) is 13.2 Å². The van der Waals surface area contributed by atoms with Crippen molar-refractivity contribution in [3.8, 4) is 0 Å². The molecule has 1 fully saturated rings. The van der Waals surface area contributed by atoms with Crippen molar-refractivity contribution in [2.45, 2.75) is 31.3 Å². The molecule has 2 unspecified atom stereocenters. The molecule has 1 saturated carbocycles. The summed E-state index contributed by atoms with van der Waals surface area (Å²) in [7, 11) is 1.87. The highest BCUT2D eigenvalue weighted by Crippen LogP contribution is 2.22. The fourth-order valence-corrected chi connectivity index (χ4v) is 2.15. The van der Waals surface area contributed by atoms with Gasteiger partial charge in [-0.2, -0.15) is 5.10 Å². The minimum Gasteiger partial charge on any atom is -0.465 e. The number of aryl methyl sites for hydroxylation is 1. The molecule has 2 rings (SSSR count). The second kappa shape index (κ2) is 4.42. The fourth-order valence-electron chi connectivity index (χ4n) is 2.15. The average Bonchev–Trinajstić information content (AvgIpc) is 2.76. The van der Waals surface area contributed by atoms with Gasteiger partial charge in [0.05, 0.1) is 11.9 Å². The Bertz CT molecular complexity index is 377. The van der Waals surface area contributed by atoms with Crippen LogP contribution in [-0.2, 0) is 7.05 Å². The van der Waals surface area contributed by atoms with Gasteiger partial charge in [-0.25, -0.2) is 4.79 Å². The van der Waals surface area contributed by atoms with Gasteiger partial charge in [0.2, 0.25) is 0 Å². The Morgan fingerprint density at radius 2 is 2.31 bits per heavy atom. The second-order valence-electron chi connectivity index (χ2n) is 4.20. The fraction of sp³-hybridized carbons (Fsp3) is 0.600. The Kier molecular flexibility index (Phi) is 2.98. The van der Waals surface area contributed by atoms with Crippen LogP contribution < -0.4 is 10.6 Å².